The van der Waals surface area contributed by atoms with E-state index in [9.17, 15) is 9.59 Å². The van der Waals surface area contributed by atoms with Crippen LogP contribution < -0.4 is 16.9 Å². The van der Waals surface area contributed by atoms with Crippen LogP contribution in [-0.4, -0.2) is 36.0 Å². The molecule has 32 heavy (non-hydrogen) atoms. The third-order valence-corrected chi connectivity index (χ3v) is 5.64. The van der Waals surface area contributed by atoms with Gasteiger partial charge in [-0.25, -0.2) is 0 Å². The molecule has 1 unspecified atom stereocenters. The molecule has 1 heterocycles. The third-order valence-electron chi connectivity index (χ3n) is 5.64. The maximum Gasteiger partial charge on any atom is 0.249 e. The average molecular weight is 437 g/mol. The standard InChI is InChI=1S/C24H32N6O2/c1-3-10-30(11-4-2)24(32)20-13-18-9-8-17(14-21(18)27-22(15-20)28-29-26)16-6-5-7-19(12-16)23(25)31/h7-9,12-14,22,27H,3-6,10-11,15H2,1-2H3,(H2,25,31)(H2,26,28). The van der Waals surface area contributed by atoms with Crippen LogP contribution in [0.15, 0.2) is 51.8 Å². The maximum absolute atomic E-state index is 13.3. The number of rotatable bonds is 8. The zero-order chi connectivity index (χ0) is 23.1. The smallest absolute Gasteiger partial charge is 0.249 e. The summed E-state index contributed by atoms with van der Waals surface area (Å²) in [6, 6.07) is 6.01. The third kappa shape index (κ3) is 5.43. The molecule has 0 fully saturated rings. The summed E-state index contributed by atoms with van der Waals surface area (Å²) in [4.78, 5) is 26.8. The van der Waals surface area contributed by atoms with E-state index in [2.05, 4.69) is 29.5 Å². The molecule has 1 aliphatic heterocycles. The highest BCUT2D eigenvalue weighted by Gasteiger charge is 2.25. The van der Waals surface area contributed by atoms with Gasteiger partial charge in [-0.2, -0.15) is 0 Å². The lowest BCUT2D eigenvalue weighted by atomic mass is 9.92. The normalized spacial score (nSPS) is 18.1. The first-order valence-corrected chi connectivity index (χ1v) is 11.2. The Morgan fingerprint density at radius 3 is 2.59 bits per heavy atom. The molecule has 0 bridgehead atoms. The first-order valence-electron chi connectivity index (χ1n) is 11.2. The number of fused-ring (bicyclic) bond motifs is 1. The van der Waals surface area contributed by atoms with Crippen LogP contribution in [0.25, 0.3) is 11.6 Å². The molecule has 8 nitrogen and oxygen atoms in total. The van der Waals surface area contributed by atoms with Gasteiger partial charge in [0.05, 0.1) is 0 Å². The lowest BCUT2D eigenvalue weighted by Crippen LogP contribution is -2.34. The van der Waals surface area contributed by atoms with E-state index in [-0.39, 0.29) is 5.91 Å². The summed E-state index contributed by atoms with van der Waals surface area (Å²) >= 11 is 0. The number of amides is 2. The molecular weight excluding hydrogens is 404 g/mol. The predicted molar refractivity (Wildman–Crippen MR) is 127 cm³/mol. The van der Waals surface area contributed by atoms with Crippen molar-refractivity contribution < 1.29 is 9.59 Å². The molecular formula is C24H32N6O2. The summed E-state index contributed by atoms with van der Waals surface area (Å²) in [5.74, 6) is 4.94. The molecule has 5 N–H and O–H groups in total. The van der Waals surface area contributed by atoms with Gasteiger partial charge >= 0.3 is 0 Å². The van der Waals surface area contributed by atoms with Gasteiger partial charge in [-0.1, -0.05) is 37.3 Å². The fourth-order valence-corrected chi connectivity index (χ4v) is 4.15. The first kappa shape index (κ1) is 23.2. The highest BCUT2D eigenvalue weighted by atomic mass is 16.2. The van der Waals surface area contributed by atoms with Gasteiger partial charge in [0.1, 0.15) is 6.17 Å². The number of hydrogen-bond donors (Lipinski definition) is 3. The van der Waals surface area contributed by atoms with Crippen molar-refractivity contribution in [2.45, 2.75) is 52.1 Å². The highest BCUT2D eigenvalue weighted by molar-refractivity contribution is 6.00. The Balaban J connectivity index is 1.98. The van der Waals surface area contributed by atoms with Crippen molar-refractivity contribution in [1.29, 1.82) is 0 Å². The van der Waals surface area contributed by atoms with Crippen LogP contribution in [0.1, 0.15) is 57.1 Å². The number of carbonyl (C=O) groups is 2. The highest BCUT2D eigenvalue weighted by Crippen LogP contribution is 2.33. The van der Waals surface area contributed by atoms with Crippen molar-refractivity contribution >= 4 is 29.2 Å². The van der Waals surface area contributed by atoms with Crippen LogP contribution in [0.5, 0.6) is 0 Å². The van der Waals surface area contributed by atoms with Crippen LogP contribution in [0.3, 0.4) is 0 Å². The van der Waals surface area contributed by atoms with E-state index in [0.29, 0.717) is 17.6 Å². The van der Waals surface area contributed by atoms with Gasteiger partial charge in [-0.3, -0.25) is 9.59 Å². The molecule has 2 amide bonds. The molecule has 0 radical (unpaired) electrons. The number of nitrogens with one attached hydrogen (secondary N) is 1. The Labute approximate surface area is 189 Å². The lowest BCUT2D eigenvalue weighted by Gasteiger charge is -2.23. The Hall–Kier alpha value is -3.42. The average Bonchev–Trinajstić information content (AvgIpc) is 2.97. The van der Waals surface area contributed by atoms with E-state index >= 15 is 0 Å². The number of nitrogens with two attached hydrogens (primary N) is 2. The summed E-state index contributed by atoms with van der Waals surface area (Å²) in [5, 5.41) is 10.9. The molecule has 0 saturated heterocycles. The van der Waals surface area contributed by atoms with Crippen LogP contribution >= 0.6 is 0 Å². The number of primary amides is 1. The summed E-state index contributed by atoms with van der Waals surface area (Å²) in [6.45, 7) is 5.58. The molecule has 3 rings (SSSR count). The van der Waals surface area contributed by atoms with Crippen molar-refractivity contribution in [2.75, 3.05) is 18.4 Å². The van der Waals surface area contributed by atoms with Gasteiger partial charge in [-0.05, 0) is 60.6 Å². The minimum atomic E-state index is -0.446. The SMILES string of the molecule is CCCN(CCC)C(=O)C1=Cc2ccc(C3=CC(C(N)=O)=CCC3)cc2NC(N=NN)C1. The van der Waals surface area contributed by atoms with E-state index in [0.717, 1.165) is 61.2 Å². The fourth-order valence-electron chi connectivity index (χ4n) is 4.15. The molecule has 8 heteroatoms. The molecule has 1 aromatic rings. The number of hydrogen-bond acceptors (Lipinski definition) is 5. The fraction of sp³-hybridized carbons (Fsp3) is 0.417. The lowest BCUT2D eigenvalue weighted by molar-refractivity contribution is -0.127. The molecule has 1 aliphatic carbocycles. The van der Waals surface area contributed by atoms with E-state index in [1.165, 1.54) is 0 Å². The van der Waals surface area contributed by atoms with E-state index in [1.807, 2.05) is 41.3 Å². The number of carbonyl (C=O) groups excluding carboxylic acids is 2. The molecule has 0 aromatic heterocycles. The topological polar surface area (TPSA) is 126 Å². The monoisotopic (exact) mass is 436 g/mol. The number of benzene rings is 1. The Morgan fingerprint density at radius 1 is 1.19 bits per heavy atom. The second-order valence-corrected chi connectivity index (χ2v) is 8.09. The number of anilines is 1. The van der Waals surface area contributed by atoms with Gasteiger partial charge in [0, 0.05) is 36.3 Å². The summed E-state index contributed by atoms with van der Waals surface area (Å²) in [6.07, 6.45) is 8.99. The quantitative estimate of drug-likeness (QED) is 0.326. The summed E-state index contributed by atoms with van der Waals surface area (Å²) in [7, 11) is 0. The zero-order valence-electron chi connectivity index (χ0n) is 18.8. The van der Waals surface area contributed by atoms with Crippen LogP contribution in [0, 0.1) is 0 Å². The summed E-state index contributed by atoms with van der Waals surface area (Å²) in [5.41, 5.74) is 10.5. The molecule has 0 spiro atoms. The maximum atomic E-state index is 13.3. The van der Waals surface area contributed by atoms with Crippen LogP contribution in [0.2, 0.25) is 0 Å². The first-order chi connectivity index (χ1) is 15.5. The van der Waals surface area contributed by atoms with Gasteiger partial charge < -0.3 is 21.8 Å². The zero-order valence-corrected chi connectivity index (χ0v) is 18.8. The molecule has 2 aliphatic rings. The molecule has 1 aromatic carbocycles. The Morgan fingerprint density at radius 2 is 1.94 bits per heavy atom. The van der Waals surface area contributed by atoms with E-state index in [4.69, 9.17) is 11.6 Å². The van der Waals surface area contributed by atoms with Gasteiger partial charge in [0.15, 0.2) is 0 Å². The van der Waals surface area contributed by atoms with E-state index in [1.54, 1.807) is 0 Å². The largest absolute Gasteiger partial charge is 0.366 e. The van der Waals surface area contributed by atoms with Crippen molar-refractivity contribution in [3.63, 3.8) is 0 Å². The Kier molecular flexibility index (Phi) is 7.81. The van der Waals surface area contributed by atoms with Gasteiger partial charge in [-0.15, -0.1) is 5.11 Å². The van der Waals surface area contributed by atoms with Crippen LogP contribution in [0.4, 0.5) is 5.69 Å². The molecule has 170 valence electrons. The second kappa shape index (κ2) is 10.7. The van der Waals surface area contributed by atoms with Crippen molar-refractivity contribution in [3.05, 3.63) is 52.6 Å². The van der Waals surface area contributed by atoms with E-state index < -0.39 is 12.1 Å². The predicted octanol–water partition coefficient (Wildman–Crippen LogP) is 3.78. The number of allylic oxidation sites excluding steroid dienone is 2. The second-order valence-electron chi connectivity index (χ2n) is 8.09. The minimum Gasteiger partial charge on any atom is -0.366 e. The number of nitrogens with zero attached hydrogens (tertiary/aromatic N) is 3. The van der Waals surface area contributed by atoms with Crippen molar-refractivity contribution in [1.82, 2.24) is 4.90 Å². The molecule has 1 atom stereocenters. The summed E-state index contributed by atoms with van der Waals surface area (Å²) < 4.78 is 0. The minimum absolute atomic E-state index is 0.0240. The van der Waals surface area contributed by atoms with Crippen molar-refractivity contribution in [2.24, 2.45) is 21.9 Å². The molecule has 0 saturated carbocycles. The van der Waals surface area contributed by atoms with Crippen molar-refractivity contribution in [3.8, 4) is 0 Å². The van der Waals surface area contributed by atoms with Gasteiger partial charge in [0.25, 0.3) is 0 Å². The van der Waals surface area contributed by atoms with Gasteiger partial charge in [0.2, 0.25) is 11.8 Å². The Bertz CT molecular complexity index is 986. The van der Waals surface area contributed by atoms with Crippen LogP contribution in [-0.2, 0) is 9.59 Å².